The molecule has 2 aromatic heterocycles. The van der Waals surface area contributed by atoms with Gasteiger partial charge >= 0.3 is 0 Å². The highest BCUT2D eigenvalue weighted by Gasteiger charge is 2.18. The summed E-state index contributed by atoms with van der Waals surface area (Å²) in [6.07, 6.45) is 0. The highest BCUT2D eigenvalue weighted by molar-refractivity contribution is 6.31. The van der Waals surface area contributed by atoms with Crippen LogP contribution in [-0.4, -0.2) is 20.8 Å². The summed E-state index contributed by atoms with van der Waals surface area (Å²) < 4.78 is 6.46. The molecule has 0 fully saturated rings. The van der Waals surface area contributed by atoms with Crippen molar-refractivity contribution >= 4 is 34.2 Å². The van der Waals surface area contributed by atoms with Gasteiger partial charge in [0.2, 0.25) is 5.43 Å². The molecule has 2 heterocycles. The molecule has 3 rings (SSSR count). The van der Waals surface area contributed by atoms with E-state index in [1.165, 1.54) is 6.07 Å². The second kappa shape index (κ2) is 5.85. The third kappa shape index (κ3) is 2.83. The zero-order chi connectivity index (χ0) is 16.6. The molecule has 0 unspecified atom stereocenters. The summed E-state index contributed by atoms with van der Waals surface area (Å²) in [5.41, 5.74) is -0.0806. The van der Waals surface area contributed by atoms with Gasteiger partial charge in [-0.05, 0) is 32.0 Å². The number of halogens is 1. The first kappa shape index (κ1) is 15.2. The van der Waals surface area contributed by atoms with E-state index in [2.05, 4.69) is 15.6 Å². The normalized spacial score (nSPS) is 10.9. The fourth-order valence-corrected chi connectivity index (χ4v) is 2.43. The number of carbonyl (C=O) groups excluding carboxylic acids is 1. The van der Waals surface area contributed by atoms with Gasteiger partial charge in [-0.25, -0.2) is 0 Å². The SMILES string of the molecule is CCn1nc(C(=O)Nc2cc(C)on2)c(=O)c2cc(Cl)ccc21. The summed E-state index contributed by atoms with van der Waals surface area (Å²) in [7, 11) is 0. The van der Waals surface area contributed by atoms with Crippen LogP contribution in [0.4, 0.5) is 5.82 Å². The molecule has 23 heavy (non-hydrogen) atoms. The zero-order valence-corrected chi connectivity index (χ0v) is 13.2. The minimum absolute atomic E-state index is 0.220. The van der Waals surface area contributed by atoms with E-state index in [4.69, 9.17) is 16.1 Å². The van der Waals surface area contributed by atoms with Crippen molar-refractivity contribution in [2.45, 2.75) is 20.4 Å². The maximum Gasteiger partial charge on any atom is 0.281 e. The number of aromatic nitrogens is 3. The van der Waals surface area contributed by atoms with E-state index >= 15 is 0 Å². The molecule has 1 N–H and O–H groups in total. The third-order valence-electron chi connectivity index (χ3n) is 3.30. The Morgan fingerprint density at radius 3 is 2.83 bits per heavy atom. The minimum Gasteiger partial charge on any atom is -0.360 e. The number of rotatable bonds is 3. The lowest BCUT2D eigenvalue weighted by Crippen LogP contribution is -2.27. The van der Waals surface area contributed by atoms with Crippen LogP contribution in [0.15, 0.2) is 33.6 Å². The van der Waals surface area contributed by atoms with Gasteiger partial charge in [0.15, 0.2) is 11.5 Å². The zero-order valence-electron chi connectivity index (χ0n) is 12.5. The van der Waals surface area contributed by atoms with Crippen LogP contribution in [0.5, 0.6) is 0 Å². The van der Waals surface area contributed by atoms with Gasteiger partial charge in [-0.2, -0.15) is 5.10 Å². The monoisotopic (exact) mass is 332 g/mol. The van der Waals surface area contributed by atoms with Gasteiger partial charge in [-0.15, -0.1) is 0 Å². The van der Waals surface area contributed by atoms with Gasteiger partial charge in [0.1, 0.15) is 5.76 Å². The molecule has 0 aliphatic rings. The Bertz CT molecular complexity index is 961. The molecule has 7 nitrogen and oxygen atoms in total. The number of nitrogens with zero attached hydrogens (tertiary/aromatic N) is 3. The highest BCUT2D eigenvalue weighted by Crippen LogP contribution is 2.17. The van der Waals surface area contributed by atoms with E-state index in [0.717, 1.165) is 0 Å². The summed E-state index contributed by atoms with van der Waals surface area (Å²) in [5, 5.41) is 11.1. The molecule has 0 spiro atoms. The second-order valence-electron chi connectivity index (χ2n) is 4.93. The quantitative estimate of drug-likeness (QED) is 0.796. The smallest absolute Gasteiger partial charge is 0.281 e. The molecule has 118 valence electrons. The molecule has 3 aromatic rings. The molecular formula is C15H13ClN4O3. The van der Waals surface area contributed by atoms with Crippen LogP contribution < -0.4 is 10.7 Å². The van der Waals surface area contributed by atoms with Gasteiger partial charge in [0.25, 0.3) is 5.91 Å². The fraction of sp³-hybridized carbons (Fsp3) is 0.200. The van der Waals surface area contributed by atoms with Gasteiger partial charge in [-0.1, -0.05) is 16.8 Å². The standard InChI is InChI=1S/C15H13ClN4O3/c1-3-20-11-5-4-9(16)7-10(11)14(21)13(18-20)15(22)17-12-6-8(2)23-19-12/h4-7H,3H2,1-2H3,(H,17,19,22). The van der Waals surface area contributed by atoms with Crippen LogP contribution in [0.2, 0.25) is 5.02 Å². The van der Waals surface area contributed by atoms with Gasteiger partial charge in [0, 0.05) is 17.6 Å². The van der Waals surface area contributed by atoms with E-state index in [1.54, 1.807) is 29.8 Å². The van der Waals surface area contributed by atoms with Crippen molar-refractivity contribution in [2.24, 2.45) is 0 Å². The molecule has 0 aliphatic carbocycles. The van der Waals surface area contributed by atoms with E-state index in [-0.39, 0.29) is 11.5 Å². The maximum atomic E-state index is 12.5. The largest absolute Gasteiger partial charge is 0.360 e. The molecule has 0 saturated heterocycles. The van der Waals surface area contributed by atoms with E-state index in [0.29, 0.717) is 28.2 Å². The van der Waals surface area contributed by atoms with Crippen LogP contribution >= 0.6 is 11.6 Å². The Labute approximate surface area is 135 Å². The number of hydrogen-bond acceptors (Lipinski definition) is 5. The van der Waals surface area contributed by atoms with Crippen molar-refractivity contribution in [3.8, 4) is 0 Å². The van der Waals surface area contributed by atoms with Gasteiger partial charge in [0.05, 0.1) is 10.9 Å². The molecule has 0 bridgehead atoms. The average molecular weight is 333 g/mol. The summed E-state index contributed by atoms with van der Waals surface area (Å²) in [6, 6.07) is 6.46. The van der Waals surface area contributed by atoms with Gasteiger partial charge < -0.3 is 9.84 Å². The summed E-state index contributed by atoms with van der Waals surface area (Å²) in [4.78, 5) is 24.9. The second-order valence-corrected chi connectivity index (χ2v) is 5.37. The average Bonchev–Trinajstić information content (AvgIpc) is 2.93. The van der Waals surface area contributed by atoms with E-state index < -0.39 is 11.3 Å². The molecule has 1 aromatic carbocycles. The fourth-order valence-electron chi connectivity index (χ4n) is 2.25. The number of anilines is 1. The van der Waals surface area contributed by atoms with Crippen LogP contribution in [0.1, 0.15) is 23.2 Å². The predicted octanol–water partition coefficient (Wildman–Crippen LogP) is 2.62. The summed E-state index contributed by atoms with van der Waals surface area (Å²) in [6.45, 7) is 4.07. The molecule has 0 radical (unpaired) electrons. The van der Waals surface area contributed by atoms with Gasteiger partial charge in [-0.3, -0.25) is 14.3 Å². The summed E-state index contributed by atoms with van der Waals surface area (Å²) in [5.74, 6) is 0.125. The first-order valence-corrected chi connectivity index (χ1v) is 7.32. The Kier molecular flexibility index (Phi) is 3.87. The number of carbonyl (C=O) groups is 1. The van der Waals surface area contributed by atoms with E-state index in [9.17, 15) is 9.59 Å². The Balaban J connectivity index is 2.11. The number of fused-ring (bicyclic) bond motifs is 1. The highest BCUT2D eigenvalue weighted by atomic mass is 35.5. The molecular weight excluding hydrogens is 320 g/mol. The lowest BCUT2D eigenvalue weighted by Gasteiger charge is -2.10. The Morgan fingerprint density at radius 1 is 1.39 bits per heavy atom. The summed E-state index contributed by atoms with van der Waals surface area (Å²) >= 11 is 5.96. The molecule has 8 heteroatoms. The van der Waals surface area contributed by atoms with Crippen molar-refractivity contribution in [1.82, 2.24) is 14.9 Å². The van der Waals surface area contributed by atoms with Crippen LogP contribution in [0, 0.1) is 6.92 Å². The third-order valence-corrected chi connectivity index (χ3v) is 3.54. The number of amides is 1. The Hall–Kier alpha value is -2.67. The predicted molar refractivity (Wildman–Crippen MR) is 85.9 cm³/mol. The number of benzene rings is 1. The van der Waals surface area contributed by atoms with Crippen molar-refractivity contribution in [3.63, 3.8) is 0 Å². The number of hydrogen-bond donors (Lipinski definition) is 1. The molecule has 1 amide bonds. The van der Waals surface area contributed by atoms with Crippen LogP contribution in [0.3, 0.4) is 0 Å². The van der Waals surface area contributed by atoms with Crippen molar-refractivity contribution in [1.29, 1.82) is 0 Å². The molecule has 0 aliphatic heterocycles. The van der Waals surface area contributed by atoms with Crippen molar-refractivity contribution in [2.75, 3.05) is 5.32 Å². The Morgan fingerprint density at radius 2 is 2.17 bits per heavy atom. The maximum absolute atomic E-state index is 12.5. The number of nitrogens with one attached hydrogen (secondary N) is 1. The number of aryl methyl sites for hydroxylation is 2. The first-order valence-electron chi connectivity index (χ1n) is 6.94. The molecule has 0 atom stereocenters. The first-order chi connectivity index (χ1) is 11.0. The van der Waals surface area contributed by atoms with Crippen LogP contribution in [0.25, 0.3) is 10.9 Å². The lowest BCUT2D eigenvalue weighted by atomic mass is 10.2. The van der Waals surface area contributed by atoms with Crippen molar-refractivity contribution in [3.05, 3.63) is 51.0 Å². The topological polar surface area (TPSA) is 90.0 Å². The van der Waals surface area contributed by atoms with E-state index in [1.807, 2.05) is 6.92 Å². The van der Waals surface area contributed by atoms with Crippen LogP contribution in [-0.2, 0) is 6.54 Å². The minimum atomic E-state index is -0.646. The van der Waals surface area contributed by atoms with Crippen molar-refractivity contribution < 1.29 is 9.32 Å². The molecule has 0 saturated carbocycles. The lowest BCUT2D eigenvalue weighted by molar-refractivity contribution is 0.101.